The number of hydrogen-bond acceptors (Lipinski definition) is 1. The second-order valence-electron chi connectivity index (χ2n) is 4.35. The van der Waals surface area contributed by atoms with E-state index in [1.54, 1.807) is 0 Å². The Bertz CT molecular complexity index is 67.8. The zero-order chi connectivity index (χ0) is 13.3. The lowest BCUT2D eigenvalue weighted by Gasteiger charge is -1.81. The van der Waals surface area contributed by atoms with E-state index >= 15 is 0 Å². The van der Waals surface area contributed by atoms with Crippen LogP contribution >= 0.6 is 0 Å². The molecule has 2 N–H and O–H groups in total. The molecule has 0 aliphatic rings. The number of nitrogens with two attached hydrogens (primary N) is 1. The summed E-state index contributed by atoms with van der Waals surface area (Å²) in [7, 11) is 0. The van der Waals surface area contributed by atoms with Crippen LogP contribution in [0.25, 0.3) is 0 Å². The van der Waals surface area contributed by atoms with Crippen molar-refractivity contribution in [2.24, 2.45) is 11.7 Å². The lowest BCUT2D eigenvalue weighted by atomic mass is 10.3. The highest BCUT2D eigenvalue weighted by molar-refractivity contribution is 4.68. The van der Waals surface area contributed by atoms with Crippen LogP contribution < -0.4 is 5.73 Å². The SMILES string of the molecule is CC(C)C.CC(C)N.CC=CC.CCC. The summed E-state index contributed by atoms with van der Waals surface area (Å²) in [6.07, 6.45) is 5.25. The number of allylic oxidation sites excluding steroid dienone is 2. The largest absolute Gasteiger partial charge is 0.328 e. The van der Waals surface area contributed by atoms with E-state index in [1.165, 1.54) is 6.42 Å². The average molecular weight is 217 g/mol. The third kappa shape index (κ3) is 3830. The first-order valence-electron chi connectivity index (χ1n) is 6.12. The Morgan fingerprint density at radius 3 is 0.933 bits per heavy atom. The van der Waals surface area contributed by atoms with Crippen LogP contribution in [0.1, 0.15) is 68.7 Å². The van der Waals surface area contributed by atoms with Crippen molar-refractivity contribution in [1.82, 2.24) is 0 Å². The lowest BCUT2D eigenvalue weighted by molar-refractivity contribution is 0.737. The van der Waals surface area contributed by atoms with Crippen molar-refractivity contribution in [2.45, 2.75) is 74.8 Å². The monoisotopic (exact) mass is 217 g/mol. The second-order valence-corrected chi connectivity index (χ2v) is 4.35. The Labute approximate surface area is 99.2 Å². The van der Waals surface area contributed by atoms with Crippen molar-refractivity contribution < 1.29 is 0 Å². The van der Waals surface area contributed by atoms with Gasteiger partial charge in [-0.3, -0.25) is 0 Å². The van der Waals surface area contributed by atoms with Gasteiger partial charge in [0.25, 0.3) is 0 Å². The fraction of sp³-hybridized carbons (Fsp3) is 0.857. The Kier molecular flexibility index (Phi) is 46.9. The molecular weight excluding hydrogens is 182 g/mol. The van der Waals surface area contributed by atoms with Gasteiger partial charge in [0.2, 0.25) is 0 Å². The molecule has 0 bridgehead atoms. The summed E-state index contributed by atoms with van der Waals surface area (Å²) in [6, 6.07) is 0.333. The molecule has 0 saturated heterocycles. The normalized spacial score (nSPS) is 8.53. The van der Waals surface area contributed by atoms with Gasteiger partial charge < -0.3 is 5.73 Å². The van der Waals surface area contributed by atoms with Crippen LogP contribution in [0.4, 0.5) is 0 Å². The summed E-state index contributed by atoms with van der Waals surface area (Å²) in [5.74, 6) is 0.833. The van der Waals surface area contributed by atoms with Gasteiger partial charge in [0.1, 0.15) is 0 Å². The fourth-order valence-electron chi connectivity index (χ4n) is 0. The maximum atomic E-state index is 5.11. The lowest BCUT2D eigenvalue weighted by Crippen LogP contribution is -2.06. The van der Waals surface area contributed by atoms with Gasteiger partial charge in [0.15, 0.2) is 0 Å². The predicted octanol–water partition coefficient (Wildman–Crippen LogP) is 5.01. The van der Waals surface area contributed by atoms with E-state index in [4.69, 9.17) is 5.73 Å². The number of hydrogen-bond donors (Lipinski definition) is 1. The first-order valence-corrected chi connectivity index (χ1v) is 6.12. The van der Waals surface area contributed by atoms with Crippen molar-refractivity contribution in [3.63, 3.8) is 0 Å². The first-order chi connectivity index (χ1) is 6.79. The number of rotatable bonds is 0. The molecule has 1 heteroatoms. The maximum Gasteiger partial charge on any atom is -0.00179 e. The van der Waals surface area contributed by atoms with Gasteiger partial charge in [-0.05, 0) is 25.8 Å². The molecule has 0 spiro atoms. The van der Waals surface area contributed by atoms with E-state index < -0.39 is 0 Å². The Morgan fingerprint density at radius 2 is 0.933 bits per heavy atom. The smallest absolute Gasteiger partial charge is 0.00179 e. The van der Waals surface area contributed by atoms with E-state index in [0.717, 1.165) is 5.92 Å². The van der Waals surface area contributed by atoms with Gasteiger partial charge >= 0.3 is 0 Å². The quantitative estimate of drug-likeness (QED) is 0.567. The summed E-state index contributed by atoms with van der Waals surface area (Å²) in [5, 5.41) is 0. The molecule has 15 heavy (non-hydrogen) atoms. The van der Waals surface area contributed by atoms with E-state index in [-0.39, 0.29) is 0 Å². The van der Waals surface area contributed by atoms with Crippen LogP contribution in [-0.4, -0.2) is 6.04 Å². The molecule has 0 rings (SSSR count). The molecule has 0 fully saturated rings. The van der Waals surface area contributed by atoms with Crippen LogP contribution in [0.3, 0.4) is 0 Å². The van der Waals surface area contributed by atoms with Crippen molar-refractivity contribution in [2.75, 3.05) is 0 Å². The minimum Gasteiger partial charge on any atom is -0.328 e. The first kappa shape index (κ1) is 24.1. The molecule has 0 aliphatic heterocycles. The molecule has 0 amide bonds. The summed E-state index contributed by atoms with van der Waals surface area (Å²) in [4.78, 5) is 0. The third-order valence-corrected chi connectivity index (χ3v) is 0.333. The molecule has 96 valence electrons. The van der Waals surface area contributed by atoms with Crippen LogP contribution in [0, 0.1) is 5.92 Å². The maximum absolute atomic E-state index is 5.11. The average Bonchev–Trinajstić information content (AvgIpc) is 2.03. The molecular formula is C14H35N. The van der Waals surface area contributed by atoms with E-state index in [0.29, 0.717) is 6.04 Å². The van der Waals surface area contributed by atoms with Gasteiger partial charge in [-0.2, -0.15) is 0 Å². The molecule has 0 unspecified atom stereocenters. The highest BCUT2D eigenvalue weighted by Crippen LogP contribution is 1.81. The van der Waals surface area contributed by atoms with E-state index in [2.05, 4.69) is 34.6 Å². The zero-order valence-corrected chi connectivity index (χ0v) is 12.6. The highest BCUT2D eigenvalue weighted by Gasteiger charge is 1.68. The summed E-state index contributed by atoms with van der Waals surface area (Å²) >= 11 is 0. The predicted molar refractivity (Wildman–Crippen MR) is 76.3 cm³/mol. The highest BCUT2D eigenvalue weighted by atomic mass is 14.6. The summed E-state index contributed by atoms with van der Waals surface area (Å²) in [5.41, 5.74) is 5.11. The minimum absolute atomic E-state index is 0.333. The topological polar surface area (TPSA) is 26.0 Å². The van der Waals surface area contributed by atoms with Crippen molar-refractivity contribution >= 4 is 0 Å². The fourth-order valence-corrected chi connectivity index (χ4v) is 0. The third-order valence-electron chi connectivity index (χ3n) is 0.333. The van der Waals surface area contributed by atoms with Gasteiger partial charge in [0.05, 0.1) is 0 Å². The van der Waals surface area contributed by atoms with Crippen LogP contribution in [0.2, 0.25) is 0 Å². The van der Waals surface area contributed by atoms with Crippen molar-refractivity contribution in [3.05, 3.63) is 12.2 Å². The zero-order valence-electron chi connectivity index (χ0n) is 12.6. The van der Waals surface area contributed by atoms with Crippen LogP contribution in [0.5, 0.6) is 0 Å². The molecule has 0 atom stereocenters. The van der Waals surface area contributed by atoms with Gasteiger partial charge in [-0.25, -0.2) is 0 Å². The molecule has 0 aromatic heterocycles. The standard InChI is InChI=1S/C4H10.C4H8.C3H9N.C3H8/c1-4(2)3;1-3-4-2;1-3(2)4;1-3-2/h4H,1-3H3;3-4H,1-2H3;3H,4H2,1-2H3;3H2,1-2H3. The van der Waals surface area contributed by atoms with Crippen LogP contribution in [-0.2, 0) is 0 Å². The second kappa shape index (κ2) is 29.2. The minimum atomic E-state index is 0.333. The molecule has 1 nitrogen and oxygen atoms in total. The van der Waals surface area contributed by atoms with E-state index in [9.17, 15) is 0 Å². The van der Waals surface area contributed by atoms with Gasteiger partial charge in [-0.15, -0.1) is 0 Å². The van der Waals surface area contributed by atoms with E-state index in [1.807, 2.05) is 39.8 Å². The van der Waals surface area contributed by atoms with Crippen molar-refractivity contribution in [3.8, 4) is 0 Å². The van der Waals surface area contributed by atoms with Crippen molar-refractivity contribution in [1.29, 1.82) is 0 Å². The molecule has 0 heterocycles. The van der Waals surface area contributed by atoms with Gasteiger partial charge in [-0.1, -0.05) is 67.0 Å². The Balaban J connectivity index is -0.0000000542. The van der Waals surface area contributed by atoms with Crippen LogP contribution in [0.15, 0.2) is 12.2 Å². The molecule has 0 saturated carbocycles. The Hall–Kier alpha value is -0.300. The summed E-state index contributed by atoms with van der Waals surface area (Å²) in [6.45, 7) is 18.6. The molecule has 0 aliphatic carbocycles. The Morgan fingerprint density at radius 1 is 0.867 bits per heavy atom. The molecule has 0 radical (unpaired) electrons. The molecule has 0 aromatic rings. The molecule has 0 aromatic carbocycles. The summed E-state index contributed by atoms with van der Waals surface area (Å²) < 4.78 is 0. The van der Waals surface area contributed by atoms with Gasteiger partial charge in [0, 0.05) is 0 Å².